The summed E-state index contributed by atoms with van der Waals surface area (Å²) in [5.41, 5.74) is -0.130. The molecule has 0 aliphatic carbocycles. The van der Waals surface area contributed by atoms with Crippen LogP contribution < -0.4 is 10.7 Å². The molecule has 0 aliphatic heterocycles. The first-order valence-electron chi connectivity index (χ1n) is 7.21. The van der Waals surface area contributed by atoms with Gasteiger partial charge in [-0.05, 0) is 30.3 Å². The quantitative estimate of drug-likeness (QED) is 0.740. The second-order valence-electron chi connectivity index (χ2n) is 5.11. The van der Waals surface area contributed by atoms with Crippen LogP contribution in [0.2, 0.25) is 0 Å². The zero-order valence-electron chi connectivity index (χ0n) is 13.0. The molecule has 3 aromatic rings. The highest BCUT2D eigenvalue weighted by molar-refractivity contribution is 6.05. The number of hydrogen-bond acceptors (Lipinski definition) is 5. The van der Waals surface area contributed by atoms with Crippen molar-refractivity contribution in [3.05, 3.63) is 75.9 Å². The number of methoxy groups -OCH3 is 1. The number of anilines is 1. The summed E-state index contributed by atoms with van der Waals surface area (Å²) >= 11 is 0. The van der Waals surface area contributed by atoms with Crippen LogP contribution >= 0.6 is 0 Å². The Morgan fingerprint density at radius 1 is 1.12 bits per heavy atom. The lowest BCUT2D eigenvalue weighted by Gasteiger charge is -2.07. The van der Waals surface area contributed by atoms with Crippen LogP contribution in [-0.2, 0) is 4.74 Å². The Morgan fingerprint density at radius 3 is 2.60 bits per heavy atom. The fourth-order valence-electron chi connectivity index (χ4n) is 2.28. The average Bonchev–Trinajstić information content (AvgIpc) is 2.61. The molecule has 6 nitrogen and oxygen atoms in total. The number of halogens is 1. The van der Waals surface area contributed by atoms with Crippen LogP contribution in [-0.4, -0.2) is 19.0 Å². The number of amides is 1. The number of esters is 1. The third-order valence-corrected chi connectivity index (χ3v) is 3.49. The first-order valence-corrected chi connectivity index (χ1v) is 7.21. The summed E-state index contributed by atoms with van der Waals surface area (Å²) in [5, 5.41) is 2.68. The van der Waals surface area contributed by atoms with E-state index in [0.717, 1.165) is 6.07 Å². The number of hydrogen-bond donors (Lipinski definition) is 1. The Hall–Kier alpha value is -3.48. The van der Waals surface area contributed by atoms with E-state index in [1.54, 1.807) is 6.07 Å². The summed E-state index contributed by atoms with van der Waals surface area (Å²) in [6.45, 7) is 0. The normalized spacial score (nSPS) is 10.5. The van der Waals surface area contributed by atoms with Gasteiger partial charge in [-0.3, -0.25) is 9.59 Å². The predicted molar refractivity (Wildman–Crippen MR) is 88.2 cm³/mol. The zero-order chi connectivity index (χ0) is 18.0. The number of carbonyl (C=O) groups excluding carboxylic acids is 2. The lowest BCUT2D eigenvalue weighted by molar-refractivity contribution is 0.0565. The van der Waals surface area contributed by atoms with E-state index in [2.05, 4.69) is 10.1 Å². The van der Waals surface area contributed by atoms with Crippen molar-refractivity contribution < 1.29 is 23.1 Å². The molecule has 0 atom stereocenters. The first kappa shape index (κ1) is 16.4. The van der Waals surface area contributed by atoms with Gasteiger partial charge in [0.05, 0.1) is 18.1 Å². The minimum absolute atomic E-state index is 0.115. The SMILES string of the molecule is COC(=O)c1cc(=O)c2cc(NC(=O)c3ccccc3F)ccc2o1. The summed E-state index contributed by atoms with van der Waals surface area (Å²) in [6, 6.07) is 10.9. The molecule has 0 saturated carbocycles. The Balaban J connectivity index is 1.95. The van der Waals surface area contributed by atoms with Gasteiger partial charge in [-0.2, -0.15) is 0 Å². The third-order valence-electron chi connectivity index (χ3n) is 3.49. The topological polar surface area (TPSA) is 85.6 Å². The largest absolute Gasteiger partial charge is 0.463 e. The van der Waals surface area contributed by atoms with Gasteiger partial charge in [0.25, 0.3) is 5.91 Å². The van der Waals surface area contributed by atoms with Gasteiger partial charge in [0.1, 0.15) is 11.4 Å². The number of carbonyl (C=O) groups is 2. The molecule has 0 radical (unpaired) electrons. The van der Waals surface area contributed by atoms with Crippen LogP contribution in [0.1, 0.15) is 20.9 Å². The molecule has 25 heavy (non-hydrogen) atoms. The molecule has 1 heterocycles. The van der Waals surface area contributed by atoms with Crippen LogP contribution in [0.15, 0.2) is 57.7 Å². The molecule has 1 N–H and O–H groups in total. The maximum atomic E-state index is 13.6. The number of benzene rings is 2. The summed E-state index contributed by atoms with van der Waals surface area (Å²) in [4.78, 5) is 35.7. The van der Waals surface area contributed by atoms with E-state index in [1.807, 2.05) is 0 Å². The van der Waals surface area contributed by atoms with Gasteiger partial charge in [-0.1, -0.05) is 12.1 Å². The van der Waals surface area contributed by atoms with Crippen LogP contribution in [0.3, 0.4) is 0 Å². The molecule has 126 valence electrons. The van der Waals surface area contributed by atoms with Crippen molar-refractivity contribution in [2.24, 2.45) is 0 Å². The smallest absolute Gasteiger partial charge is 0.374 e. The Kier molecular flexibility index (Phi) is 4.30. The highest BCUT2D eigenvalue weighted by Crippen LogP contribution is 2.19. The average molecular weight is 341 g/mol. The molecule has 0 aliphatic rings. The second-order valence-corrected chi connectivity index (χ2v) is 5.11. The molecule has 1 aromatic heterocycles. The van der Waals surface area contributed by atoms with Crippen molar-refractivity contribution in [1.82, 2.24) is 0 Å². The molecule has 7 heteroatoms. The van der Waals surface area contributed by atoms with Gasteiger partial charge in [0.2, 0.25) is 5.76 Å². The fourth-order valence-corrected chi connectivity index (χ4v) is 2.28. The van der Waals surface area contributed by atoms with Crippen LogP contribution in [0, 0.1) is 5.82 Å². The van der Waals surface area contributed by atoms with Gasteiger partial charge in [0.15, 0.2) is 5.43 Å². The van der Waals surface area contributed by atoms with Gasteiger partial charge in [-0.15, -0.1) is 0 Å². The number of ether oxygens (including phenoxy) is 1. The molecular formula is C18H12FNO5. The monoisotopic (exact) mass is 341 g/mol. The number of rotatable bonds is 3. The van der Waals surface area contributed by atoms with Crippen molar-refractivity contribution in [3.63, 3.8) is 0 Å². The van der Waals surface area contributed by atoms with Crippen molar-refractivity contribution in [1.29, 1.82) is 0 Å². The van der Waals surface area contributed by atoms with Crippen molar-refractivity contribution >= 4 is 28.5 Å². The van der Waals surface area contributed by atoms with E-state index >= 15 is 0 Å². The van der Waals surface area contributed by atoms with E-state index in [0.29, 0.717) is 5.69 Å². The summed E-state index contributed by atoms with van der Waals surface area (Å²) in [7, 11) is 1.17. The van der Waals surface area contributed by atoms with E-state index in [4.69, 9.17) is 4.42 Å². The zero-order valence-corrected chi connectivity index (χ0v) is 13.0. The van der Waals surface area contributed by atoms with Crippen molar-refractivity contribution in [3.8, 4) is 0 Å². The third kappa shape index (κ3) is 3.25. The van der Waals surface area contributed by atoms with Gasteiger partial charge >= 0.3 is 5.97 Å². The molecule has 0 saturated heterocycles. The van der Waals surface area contributed by atoms with Crippen LogP contribution in [0.4, 0.5) is 10.1 Å². The van der Waals surface area contributed by atoms with Gasteiger partial charge in [-0.25, -0.2) is 9.18 Å². The van der Waals surface area contributed by atoms with E-state index in [9.17, 15) is 18.8 Å². The second kappa shape index (κ2) is 6.56. The summed E-state index contributed by atoms with van der Waals surface area (Å²) in [5.74, 6) is -2.28. The lowest BCUT2D eigenvalue weighted by atomic mass is 10.1. The number of fused-ring (bicyclic) bond motifs is 1. The molecule has 0 unspecified atom stereocenters. The van der Waals surface area contributed by atoms with Gasteiger partial charge < -0.3 is 14.5 Å². The highest BCUT2D eigenvalue weighted by atomic mass is 19.1. The Bertz CT molecular complexity index is 1040. The van der Waals surface area contributed by atoms with Crippen LogP contribution in [0.25, 0.3) is 11.0 Å². The minimum atomic E-state index is -0.768. The van der Waals surface area contributed by atoms with Crippen LogP contribution in [0.5, 0.6) is 0 Å². The van der Waals surface area contributed by atoms with Crippen molar-refractivity contribution in [2.45, 2.75) is 0 Å². The Morgan fingerprint density at radius 2 is 1.88 bits per heavy atom. The molecule has 0 spiro atoms. The van der Waals surface area contributed by atoms with E-state index in [-0.39, 0.29) is 22.3 Å². The first-order chi connectivity index (χ1) is 12.0. The lowest BCUT2D eigenvalue weighted by Crippen LogP contribution is -2.14. The minimum Gasteiger partial charge on any atom is -0.463 e. The molecule has 2 aromatic carbocycles. The maximum absolute atomic E-state index is 13.6. The summed E-state index contributed by atoms with van der Waals surface area (Å²) in [6.07, 6.45) is 0. The van der Waals surface area contributed by atoms with Crippen molar-refractivity contribution in [2.75, 3.05) is 12.4 Å². The predicted octanol–water partition coefficient (Wildman–Crippen LogP) is 2.97. The van der Waals surface area contributed by atoms with E-state index in [1.165, 1.54) is 43.5 Å². The number of nitrogens with one attached hydrogen (secondary N) is 1. The molecular weight excluding hydrogens is 329 g/mol. The molecule has 3 rings (SSSR count). The molecule has 0 bridgehead atoms. The fraction of sp³-hybridized carbons (Fsp3) is 0.0556. The van der Waals surface area contributed by atoms with Gasteiger partial charge in [0, 0.05) is 11.8 Å². The molecule has 1 amide bonds. The molecule has 0 fully saturated rings. The summed E-state index contributed by atoms with van der Waals surface area (Å²) < 4.78 is 23.5. The Labute approximate surface area is 140 Å². The maximum Gasteiger partial charge on any atom is 0.374 e. The standard InChI is InChI=1S/C18H12FNO5/c1-24-18(23)16-9-14(21)12-8-10(6-7-15(12)25-16)20-17(22)11-4-2-3-5-13(11)19/h2-9H,1H3,(H,20,22). The van der Waals surface area contributed by atoms with E-state index < -0.39 is 23.1 Å². The highest BCUT2D eigenvalue weighted by Gasteiger charge is 2.14.